The Morgan fingerprint density at radius 3 is 2.26 bits per heavy atom. The predicted molar refractivity (Wildman–Crippen MR) is 149 cm³/mol. The van der Waals surface area contributed by atoms with E-state index in [1.165, 1.54) is 72.2 Å². The highest BCUT2D eigenvalue weighted by molar-refractivity contribution is 7.18. The summed E-state index contributed by atoms with van der Waals surface area (Å²) in [6.07, 6.45) is -0.908. The van der Waals surface area contributed by atoms with E-state index in [0.29, 0.717) is 16.8 Å². The van der Waals surface area contributed by atoms with E-state index in [2.05, 4.69) is 26.5 Å². The number of nitrogens with zero attached hydrogens (tertiary/aromatic N) is 5. The first kappa shape index (κ1) is 31.1. The molecule has 2 aromatic heterocycles. The van der Waals surface area contributed by atoms with Crippen molar-refractivity contribution in [2.75, 3.05) is 21.3 Å². The Balaban J connectivity index is 1.67. The molecule has 2 unspecified atom stereocenters. The maximum absolute atomic E-state index is 14.9. The second kappa shape index (κ2) is 12.2. The normalized spacial score (nSPS) is 14.8. The lowest BCUT2D eigenvalue weighted by molar-refractivity contribution is -0.0921. The zero-order valence-corrected chi connectivity index (χ0v) is 24.4. The molecular formula is C28H29F5N5O3P. The Hall–Kier alpha value is -3.86. The van der Waals surface area contributed by atoms with Gasteiger partial charge < -0.3 is 19.1 Å². The molecule has 0 spiro atoms. The highest BCUT2D eigenvalue weighted by Crippen LogP contribution is 2.46. The van der Waals surface area contributed by atoms with Gasteiger partial charge in [0.05, 0.1) is 26.1 Å². The van der Waals surface area contributed by atoms with Crippen LogP contribution in [0.3, 0.4) is 0 Å². The number of hydrogen-bond acceptors (Lipinski definition) is 8. The van der Waals surface area contributed by atoms with Gasteiger partial charge in [-0.1, -0.05) is 40.1 Å². The minimum Gasteiger partial charge on any atom is -0.490 e. The summed E-state index contributed by atoms with van der Waals surface area (Å²) >= 11 is 0. The van der Waals surface area contributed by atoms with Gasteiger partial charge in [0.2, 0.25) is 5.88 Å². The van der Waals surface area contributed by atoms with Crippen LogP contribution in [0.15, 0.2) is 55.1 Å². The average molecular weight is 610 g/mol. The fourth-order valence-corrected chi connectivity index (χ4v) is 4.35. The van der Waals surface area contributed by atoms with E-state index in [1.54, 1.807) is 0 Å². The van der Waals surface area contributed by atoms with Crippen LogP contribution < -0.4 is 14.2 Å². The third-order valence-corrected chi connectivity index (χ3v) is 6.85. The van der Waals surface area contributed by atoms with Crippen LogP contribution in [0.2, 0.25) is 0 Å². The van der Waals surface area contributed by atoms with Gasteiger partial charge in [0, 0.05) is 30.4 Å². The summed E-state index contributed by atoms with van der Waals surface area (Å²) < 4.78 is 85.2. The van der Waals surface area contributed by atoms with Crippen molar-refractivity contribution in [3.8, 4) is 28.9 Å². The zero-order valence-electron chi connectivity index (χ0n) is 23.2. The monoisotopic (exact) mass is 609 g/mol. The molecule has 1 saturated carbocycles. The molecule has 1 aliphatic carbocycles. The van der Waals surface area contributed by atoms with Crippen molar-refractivity contribution in [1.29, 1.82) is 0 Å². The Morgan fingerprint density at radius 2 is 1.71 bits per heavy atom. The number of allylic oxidation sites excluding steroid dienone is 1. The minimum atomic E-state index is -4.49. The van der Waals surface area contributed by atoms with Crippen LogP contribution in [0.25, 0.3) is 17.1 Å². The zero-order chi connectivity index (χ0) is 30.8. The molecule has 0 bridgehead atoms. The third kappa shape index (κ3) is 6.95. The number of alkyl halides is 5. The van der Waals surface area contributed by atoms with Gasteiger partial charge in [-0.15, -0.1) is 0 Å². The Kier molecular flexibility index (Phi) is 9.01. The van der Waals surface area contributed by atoms with Gasteiger partial charge in [0.25, 0.3) is 11.5 Å². The second-order valence-electron chi connectivity index (χ2n) is 9.65. The molecule has 2 heterocycles. The molecule has 224 valence electrons. The number of halogens is 5. The first-order valence-corrected chi connectivity index (χ1v) is 13.2. The maximum Gasteiger partial charge on any atom is 0.413 e. The van der Waals surface area contributed by atoms with Crippen molar-refractivity contribution in [3.63, 3.8) is 0 Å². The van der Waals surface area contributed by atoms with E-state index in [0.717, 1.165) is 26.0 Å². The lowest BCUT2D eigenvalue weighted by atomic mass is 10.0. The van der Waals surface area contributed by atoms with Crippen LogP contribution in [0.4, 0.5) is 22.0 Å². The molecule has 1 aliphatic rings. The fourth-order valence-electron chi connectivity index (χ4n) is 4.09. The number of methoxy groups -OCH3 is 2. The average Bonchev–Trinajstić information content (AvgIpc) is 3.79. The first-order chi connectivity index (χ1) is 19.7. The van der Waals surface area contributed by atoms with Crippen LogP contribution >= 0.6 is 9.24 Å². The smallest absolute Gasteiger partial charge is 0.413 e. The number of rotatable bonds is 11. The summed E-state index contributed by atoms with van der Waals surface area (Å²) in [6.45, 7) is 4.77. The van der Waals surface area contributed by atoms with Crippen LogP contribution in [0.5, 0.6) is 17.5 Å². The Morgan fingerprint density at radius 1 is 1.05 bits per heavy atom. The standard InChI is InChI=1S/C28H29F5N5O3P/c1-15(27(29,30)31)13-38(3)16(2)17-6-10-19(11-7-17)23(28(32,33)42)41-25-20(39-4)12-34-24(37-25)21-22(18-8-9-18)35-14-36-26(21)40-5/h6-7,10-14,18,23H,2,8-9,42H2,1,3-5H3/b15-13+. The van der Waals surface area contributed by atoms with E-state index in [1.807, 2.05) is 0 Å². The van der Waals surface area contributed by atoms with Gasteiger partial charge in [0.1, 0.15) is 11.9 Å². The van der Waals surface area contributed by atoms with E-state index < -0.39 is 23.5 Å². The lowest BCUT2D eigenvalue weighted by Gasteiger charge is -2.26. The molecule has 1 fully saturated rings. The molecule has 0 saturated heterocycles. The molecule has 0 aliphatic heterocycles. The summed E-state index contributed by atoms with van der Waals surface area (Å²) in [5.74, 6) is 0.296. The Bertz CT molecular complexity index is 1470. The Labute approximate surface area is 241 Å². The predicted octanol–water partition coefficient (Wildman–Crippen LogP) is 6.78. The molecular weight excluding hydrogens is 580 g/mol. The number of ether oxygens (including phenoxy) is 3. The molecule has 0 radical (unpaired) electrons. The number of benzene rings is 1. The number of aromatic nitrogens is 4. The van der Waals surface area contributed by atoms with Gasteiger partial charge in [-0.2, -0.15) is 26.9 Å². The summed E-state index contributed by atoms with van der Waals surface area (Å²) in [7, 11) is 5.64. The molecule has 42 heavy (non-hydrogen) atoms. The van der Waals surface area contributed by atoms with E-state index >= 15 is 0 Å². The van der Waals surface area contributed by atoms with E-state index in [9.17, 15) is 22.0 Å². The van der Waals surface area contributed by atoms with Crippen molar-refractivity contribution >= 4 is 14.9 Å². The highest BCUT2D eigenvalue weighted by atomic mass is 31.0. The minimum absolute atomic E-state index is 0.0141. The van der Waals surface area contributed by atoms with Crippen LogP contribution in [-0.4, -0.2) is 57.9 Å². The molecule has 0 amide bonds. The first-order valence-electron chi connectivity index (χ1n) is 12.7. The molecule has 8 nitrogen and oxygen atoms in total. The van der Waals surface area contributed by atoms with Crippen molar-refractivity contribution in [3.05, 3.63) is 72.0 Å². The van der Waals surface area contributed by atoms with Crippen LogP contribution in [0.1, 0.15) is 48.6 Å². The topological polar surface area (TPSA) is 82.5 Å². The quantitative estimate of drug-likeness (QED) is 0.174. The molecule has 0 N–H and O–H groups in total. The summed E-state index contributed by atoms with van der Waals surface area (Å²) in [6, 6.07) is 5.69. The van der Waals surface area contributed by atoms with Crippen LogP contribution in [-0.2, 0) is 0 Å². The van der Waals surface area contributed by atoms with Crippen molar-refractivity contribution in [2.24, 2.45) is 0 Å². The summed E-state index contributed by atoms with van der Waals surface area (Å²) in [5, 5.41) is 0. The molecule has 14 heteroatoms. The van der Waals surface area contributed by atoms with Crippen molar-refractivity contribution < 1.29 is 36.2 Å². The van der Waals surface area contributed by atoms with Gasteiger partial charge in [0.15, 0.2) is 17.7 Å². The van der Waals surface area contributed by atoms with Gasteiger partial charge in [-0.05, 0) is 30.9 Å². The van der Waals surface area contributed by atoms with Gasteiger partial charge in [-0.25, -0.2) is 15.0 Å². The third-order valence-electron chi connectivity index (χ3n) is 6.55. The summed E-state index contributed by atoms with van der Waals surface area (Å²) in [4.78, 5) is 18.5. The lowest BCUT2D eigenvalue weighted by Crippen LogP contribution is -2.25. The summed E-state index contributed by atoms with van der Waals surface area (Å²) in [5.41, 5.74) is -2.45. The fraction of sp³-hybridized carbons (Fsp3) is 0.357. The van der Waals surface area contributed by atoms with Crippen molar-refractivity contribution in [1.82, 2.24) is 24.8 Å². The van der Waals surface area contributed by atoms with E-state index in [4.69, 9.17) is 14.2 Å². The molecule has 1 aromatic carbocycles. The number of hydrogen-bond donors (Lipinski definition) is 0. The maximum atomic E-state index is 14.9. The largest absolute Gasteiger partial charge is 0.490 e. The second-order valence-corrected chi connectivity index (χ2v) is 10.4. The molecule has 4 rings (SSSR count). The van der Waals surface area contributed by atoms with Crippen LogP contribution in [0, 0.1) is 0 Å². The van der Waals surface area contributed by atoms with Gasteiger partial charge in [-0.3, -0.25) is 0 Å². The van der Waals surface area contributed by atoms with E-state index in [-0.39, 0.29) is 40.5 Å². The molecule has 3 aromatic rings. The highest BCUT2D eigenvalue weighted by Gasteiger charge is 2.39. The molecule has 2 atom stereocenters. The van der Waals surface area contributed by atoms with Gasteiger partial charge >= 0.3 is 6.18 Å². The van der Waals surface area contributed by atoms with Crippen molar-refractivity contribution in [2.45, 2.75) is 43.6 Å². The SMILES string of the molecule is C=C(c1ccc(C(Oc2nc(-c3c(OC)ncnc3C3CC3)ncc2OC)C(F)(F)P)cc1)N(C)/C=C(\C)C(F)(F)F.